The van der Waals surface area contributed by atoms with Gasteiger partial charge in [-0.3, -0.25) is 4.79 Å². The number of aliphatic hydroxyl groups excluding tert-OH is 1. The van der Waals surface area contributed by atoms with Gasteiger partial charge in [-0.1, -0.05) is 24.3 Å². The first kappa shape index (κ1) is 17.6. The predicted octanol–water partition coefficient (Wildman–Crippen LogP) is 1.71. The maximum atomic E-state index is 12.0. The number of carbonyl (C=O) groups is 1. The van der Waals surface area contributed by atoms with Crippen LogP contribution in [-0.2, 0) is 21.5 Å². The molecule has 1 heterocycles. The predicted molar refractivity (Wildman–Crippen MR) is 96.3 cm³/mol. The number of benzene rings is 2. The number of phenolic OH excluding ortho intramolecular Hbond substituents is 1. The van der Waals surface area contributed by atoms with Crippen LogP contribution in [0.5, 0.6) is 5.75 Å². The van der Waals surface area contributed by atoms with E-state index >= 15 is 0 Å². The number of nitrogens with zero attached hydrogens (tertiary/aromatic N) is 1. The van der Waals surface area contributed by atoms with E-state index in [0.717, 1.165) is 21.6 Å². The number of hydrogen-bond acceptors (Lipinski definition) is 5. The lowest BCUT2D eigenvalue weighted by molar-refractivity contribution is -0.119. The molecule has 0 fully saturated rings. The highest BCUT2D eigenvalue weighted by Gasteiger charge is 2.30. The molecular weight excluding hydrogens is 358 g/mol. The summed E-state index contributed by atoms with van der Waals surface area (Å²) >= 11 is 0. The van der Waals surface area contributed by atoms with Crippen LogP contribution in [0.25, 0.3) is 11.1 Å². The normalized spacial score (nSPS) is 15.3. The largest absolute Gasteiger partial charge is 0.506 e. The number of aliphatic hydroxyl groups is 1. The Morgan fingerprint density at radius 1 is 1.15 bits per heavy atom. The molecule has 0 aliphatic carbocycles. The van der Waals surface area contributed by atoms with Crippen LogP contribution in [0.3, 0.4) is 0 Å². The van der Waals surface area contributed by atoms with Gasteiger partial charge in [0.1, 0.15) is 11.4 Å². The van der Waals surface area contributed by atoms with Crippen molar-refractivity contribution in [3.05, 3.63) is 60.1 Å². The third-order valence-electron chi connectivity index (χ3n) is 3.75. The molecule has 26 heavy (non-hydrogen) atoms. The molecule has 0 spiro atoms. The Morgan fingerprint density at radius 3 is 2.54 bits per heavy atom. The van der Waals surface area contributed by atoms with Crippen LogP contribution in [-0.4, -0.2) is 24.5 Å². The number of hydrogen-bond donors (Lipinski definition) is 4. The second-order valence-corrected chi connectivity index (χ2v) is 7.28. The molecular formula is C17H17N3O5S. The van der Waals surface area contributed by atoms with Crippen molar-refractivity contribution in [1.82, 2.24) is 10.0 Å². The zero-order valence-corrected chi connectivity index (χ0v) is 14.6. The van der Waals surface area contributed by atoms with E-state index in [1.54, 1.807) is 6.07 Å². The van der Waals surface area contributed by atoms with Crippen LogP contribution >= 0.6 is 0 Å². The van der Waals surface area contributed by atoms with Gasteiger partial charge in [0.05, 0.1) is 6.20 Å². The van der Waals surface area contributed by atoms with Crippen LogP contribution in [0.2, 0.25) is 0 Å². The lowest BCUT2D eigenvalue weighted by atomic mass is 10.0. The molecule has 1 aliphatic heterocycles. The Labute approximate surface area is 150 Å². The zero-order valence-electron chi connectivity index (χ0n) is 13.8. The lowest BCUT2D eigenvalue weighted by Gasteiger charge is -2.16. The molecule has 0 radical (unpaired) electrons. The summed E-state index contributed by atoms with van der Waals surface area (Å²) in [7, 11) is -4.00. The van der Waals surface area contributed by atoms with Crippen molar-refractivity contribution in [2.45, 2.75) is 13.5 Å². The minimum atomic E-state index is -4.00. The van der Waals surface area contributed by atoms with E-state index < -0.39 is 16.1 Å². The molecule has 136 valence electrons. The molecule has 2 aromatic carbocycles. The first-order valence-corrected chi connectivity index (χ1v) is 9.10. The van der Waals surface area contributed by atoms with Crippen molar-refractivity contribution in [3.63, 3.8) is 0 Å². The summed E-state index contributed by atoms with van der Waals surface area (Å²) in [5, 5.41) is 22.2. The summed E-state index contributed by atoms with van der Waals surface area (Å²) < 4.78 is 26.7. The quantitative estimate of drug-likeness (QED) is 0.649. The topological polar surface area (TPSA) is 119 Å². The average molecular weight is 375 g/mol. The highest BCUT2D eigenvalue weighted by molar-refractivity contribution is 7.91. The van der Waals surface area contributed by atoms with E-state index in [2.05, 4.69) is 5.32 Å². The Kier molecular flexibility index (Phi) is 4.47. The van der Waals surface area contributed by atoms with Crippen molar-refractivity contribution in [2.75, 3.05) is 4.31 Å². The Balaban J connectivity index is 1.98. The molecule has 0 aromatic heterocycles. The van der Waals surface area contributed by atoms with Gasteiger partial charge < -0.3 is 15.5 Å². The summed E-state index contributed by atoms with van der Waals surface area (Å²) in [6, 6.07) is 11.9. The number of anilines is 1. The van der Waals surface area contributed by atoms with E-state index in [1.165, 1.54) is 19.1 Å². The van der Waals surface area contributed by atoms with Crippen LogP contribution in [0.4, 0.5) is 5.69 Å². The highest BCUT2D eigenvalue weighted by Crippen LogP contribution is 2.35. The van der Waals surface area contributed by atoms with Gasteiger partial charge in [-0.25, -0.2) is 9.03 Å². The van der Waals surface area contributed by atoms with Crippen LogP contribution in [0.1, 0.15) is 12.5 Å². The molecule has 1 amide bonds. The van der Waals surface area contributed by atoms with Crippen molar-refractivity contribution in [2.24, 2.45) is 0 Å². The fraction of sp³-hybridized carbons (Fsp3) is 0.118. The van der Waals surface area contributed by atoms with Crippen molar-refractivity contribution in [3.8, 4) is 16.9 Å². The summed E-state index contributed by atoms with van der Waals surface area (Å²) in [6.45, 7) is 1.80. The van der Waals surface area contributed by atoms with E-state index in [4.69, 9.17) is 0 Å². The Morgan fingerprint density at radius 2 is 1.88 bits per heavy atom. The number of nitrogens with one attached hydrogen (secondary N) is 2. The van der Waals surface area contributed by atoms with Gasteiger partial charge in [0.2, 0.25) is 11.8 Å². The minimum absolute atomic E-state index is 0.00585. The molecule has 8 nitrogen and oxygen atoms in total. The van der Waals surface area contributed by atoms with Crippen molar-refractivity contribution < 1.29 is 23.4 Å². The van der Waals surface area contributed by atoms with E-state index in [-0.39, 0.29) is 17.3 Å². The molecule has 3 rings (SSSR count). The first-order chi connectivity index (χ1) is 12.3. The number of rotatable bonds is 4. The Bertz CT molecular complexity index is 1000. The molecule has 4 N–H and O–H groups in total. The molecule has 0 saturated carbocycles. The molecule has 0 unspecified atom stereocenters. The first-order valence-electron chi connectivity index (χ1n) is 7.66. The van der Waals surface area contributed by atoms with Gasteiger partial charge in [0.15, 0.2) is 0 Å². The van der Waals surface area contributed by atoms with Crippen LogP contribution in [0, 0.1) is 0 Å². The standard InChI is InChI=1S/C17H17N3O5S/c1-11(21)18-9-12-3-2-4-13(7-12)14-5-6-16(22)15(8-14)20-10-17(23)19-26(20,24)25/h2-8,10,19,22-23H,9H2,1H3,(H,18,21). The molecule has 0 atom stereocenters. The highest BCUT2D eigenvalue weighted by atomic mass is 32.2. The van der Waals surface area contributed by atoms with E-state index in [9.17, 15) is 23.4 Å². The van der Waals surface area contributed by atoms with Crippen molar-refractivity contribution in [1.29, 1.82) is 0 Å². The summed E-state index contributed by atoms with van der Waals surface area (Å²) in [4.78, 5) is 11.1. The van der Waals surface area contributed by atoms with Crippen LogP contribution in [0.15, 0.2) is 54.5 Å². The number of amides is 1. The zero-order chi connectivity index (χ0) is 18.9. The summed E-state index contributed by atoms with van der Waals surface area (Å²) in [5.74, 6) is -0.924. The van der Waals surface area contributed by atoms with Gasteiger partial charge in [-0.05, 0) is 34.9 Å². The fourth-order valence-corrected chi connectivity index (χ4v) is 3.61. The number of aromatic hydroxyl groups is 1. The Hall–Kier alpha value is -3.20. The van der Waals surface area contributed by atoms with Crippen LogP contribution < -0.4 is 14.3 Å². The molecule has 9 heteroatoms. The number of carbonyl (C=O) groups excluding carboxylic acids is 1. The van der Waals surface area contributed by atoms with E-state index in [1.807, 2.05) is 29.0 Å². The van der Waals surface area contributed by atoms with Gasteiger partial charge in [-0.2, -0.15) is 8.42 Å². The molecule has 0 saturated heterocycles. The minimum Gasteiger partial charge on any atom is -0.506 e. The lowest BCUT2D eigenvalue weighted by Crippen LogP contribution is -2.29. The summed E-state index contributed by atoms with van der Waals surface area (Å²) in [5.41, 5.74) is 2.33. The maximum absolute atomic E-state index is 12.0. The average Bonchev–Trinajstić information content (AvgIpc) is 2.86. The van der Waals surface area contributed by atoms with Gasteiger partial charge >= 0.3 is 10.2 Å². The number of phenols is 1. The molecule has 2 aromatic rings. The SMILES string of the molecule is CC(=O)NCc1cccc(-c2ccc(O)c(N3C=C(O)NS3(=O)=O)c2)c1. The monoisotopic (exact) mass is 375 g/mol. The van der Waals surface area contributed by atoms with E-state index in [0.29, 0.717) is 12.1 Å². The maximum Gasteiger partial charge on any atom is 0.330 e. The fourth-order valence-electron chi connectivity index (χ4n) is 2.55. The van der Waals surface area contributed by atoms with Gasteiger partial charge in [0.25, 0.3) is 0 Å². The molecule has 1 aliphatic rings. The van der Waals surface area contributed by atoms with Crippen molar-refractivity contribution >= 4 is 21.8 Å². The molecule has 0 bridgehead atoms. The van der Waals surface area contributed by atoms with Gasteiger partial charge in [0, 0.05) is 13.5 Å². The smallest absolute Gasteiger partial charge is 0.330 e. The second kappa shape index (κ2) is 6.60. The van der Waals surface area contributed by atoms with Gasteiger partial charge in [-0.15, -0.1) is 0 Å². The third-order valence-corrected chi connectivity index (χ3v) is 5.03. The third kappa shape index (κ3) is 3.57. The second-order valence-electron chi connectivity index (χ2n) is 5.73. The summed E-state index contributed by atoms with van der Waals surface area (Å²) in [6.07, 6.45) is 0.974.